The van der Waals surface area contributed by atoms with Gasteiger partial charge in [0, 0.05) is 37.8 Å². The Morgan fingerprint density at radius 1 is 1.25 bits per heavy atom. The van der Waals surface area contributed by atoms with Gasteiger partial charge in [-0.05, 0) is 11.6 Å². The summed E-state index contributed by atoms with van der Waals surface area (Å²) >= 11 is 0. The summed E-state index contributed by atoms with van der Waals surface area (Å²) < 4.78 is 11.4. The third-order valence-corrected chi connectivity index (χ3v) is 3.90. The summed E-state index contributed by atoms with van der Waals surface area (Å²) in [6, 6.07) is 5.87. The van der Waals surface area contributed by atoms with E-state index in [0.717, 1.165) is 29.9 Å². The number of ether oxygens (including phenoxy) is 2. The first-order chi connectivity index (χ1) is 9.76. The summed E-state index contributed by atoms with van der Waals surface area (Å²) in [5, 5.41) is 2.88. The number of carbonyl (C=O) groups excluding carboxylic acids is 1. The van der Waals surface area contributed by atoms with Crippen molar-refractivity contribution in [2.45, 2.75) is 31.3 Å². The van der Waals surface area contributed by atoms with Crippen LogP contribution in [-0.4, -0.2) is 25.7 Å². The molecule has 1 saturated heterocycles. The molecule has 3 rings (SSSR count). The zero-order chi connectivity index (χ0) is 13.9. The largest absolute Gasteiger partial charge is 0.497 e. The highest BCUT2D eigenvalue weighted by molar-refractivity contribution is 5.79. The van der Waals surface area contributed by atoms with Gasteiger partial charge < -0.3 is 14.8 Å². The molecule has 1 aromatic carbocycles. The molecular weight excluding hydrogens is 254 g/mol. The molecule has 1 N–H and O–H groups in total. The van der Waals surface area contributed by atoms with Crippen molar-refractivity contribution >= 4 is 5.91 Å². The fourth-order valence-electron chi connectivity index (χ4n) is 2.77. The van der Waals surface area contributed by atoms with E-state index in [0.29, 0.717) is 13.0 Å². The second-order valence-electron chi connectivity index (χ2n) is 5.29. The second-order valence-corrected chi connectivity index (χ2v) is 5.29. The third kappa shape index (κ3) is 2.64. The number of benzene rings is 1. The SMILES string of the molecule is COc1ccc(C2CNC(=O)C2)c(OC2CC=CC2)c1. The van der Waals surface area contributed by atoms with E-state index in [2.05, 4.69) is 17.5 Å². The van der Waals surface area contributed by atoms with Gasteiger partial charge in [-0.2, -0.15) is 0 Å². The second kappa shape index (κ2) is 5.57. The Morgan fingerprint density at radius 2 is 2.05 bits per heavy atom. The predicted octanol–water partition coefficient (Wildman–Crippen LogP) is 2.40. The molecule has 1 amide bonds. The maximum atomic E-state index is 11.4. The third-order valence-electron chi connectivity index (χ3n) is 3.90. The topological polar surface area (TPSA) is 47.6 Å². The van der Waals surface area contributed by atoms with E-state index < -0.39 is 0 Å². The molecule has 1 heterocycles. The number of carbonyl (C=O) groups is 1. The lowest BCUT2D eigenvalue weighted by Gasteiger charge is -2.20. The van der Waals surface area contributed by atoms with Crippen molar-refractivity contribution in [3.63, 3.8) is 0 Å². The van der Waals surface area contributed by atoms with Gasteiger partial charge >= 0.3 is 0 Å². The Kier molecular flexibility index (Phi) is 3.63. The van der Waals surface area contributed by atoms with E-state index in [-0.39, 0.29) is 17.9 Å². The fraction of sp³-hybridized carbons (Fsp3) is 0.438. The molecule has 4 heteroatoms. The van der Waals surface area contributed by atoms with Crippen molar-refractivity contribution in [3.05, 3.63) is 35.9 Å². The molecule has 4 nitrogen and oxygen atoms in total. The predicted molar refractivity (Wildman–Crippen MR) is 76.2 cm³/mol. The molecule has 20 heavy (non-hydrogen) atoms. The van der Waals surface area contributed by atoms with Gasteiger partial charge in [-0.1, -0.05) is 18.2 Å². The summed E-state index contributed by atoms with van der Waals surface area (Å²) in [4.78, 5) is 11.4. The first-order valence-corrected chi connectivity index (χ1v) is 7.02. The van der Waals surface area contributed by atoms with Crippen molar-refractivity contribution in [2.24, 2.45) is 0 Å². The first kappa shape index (κ1) is 13.0. The highest BCUT2D eigenvalue weighted by atomic mass is 16.5. The van der Waals surface area contributed by atoms with Gasteiger partial charge in [0.1, 0.15) is 17.6 Å². The van der Waals surface area contributed by atoms with Crippen molar-refractivity contribution < 1.29 is 14.3 Å². The zero-order valence-electron chi connectivity index (χ0n) is 11.6. The Labute approximate surface area is 118 Å². The Morgan fingerprint density at radius 3 is 2.70 bits per heavy atom. The van der Waals surface area contributed by atoms with E-state index in [1.165, 1.54) is 0 Å². The quantitative estimate of drug-likeness (QED) is 0.857. The minimum atomic E-state index is 0.110. The zero-order valence-corrected chi connectivity index (χ0v) is 11.6. The van der Waals surface area contributed by atoms with Crippen LogP contribution in [0.5, 0.6) is 11.5 Å². The van der Waals surface area contributed by atoms with Crippen LogP contribution in [0.1, 0.15) is 30.7 Å². The molecule has 1 atom stereocenters. The van der Waals surface area contributed by atoms with Crippen LogP contribution < -0.4 is 14.8 Å². The molecule has 2 aliphatic rings. The lowest BCUT2D eigenvalue weighted by Crippen LogP contribution is -2.15. The van der Waals surface area contributed by atoms with Gasteiger partial charge in [-0.25, -0.2) is 0 Å². The summed E-state index contributed by atoms with van der Waals surface area (Å²) in [6.45, 7) is 0.685. The smallest absolute Gasteiger partial charge is 0.220 e. The molecule has 1 aliphatic heterocycles. The average Bonchev–Trinajstić information content (AvgIpc) is 3.10. The molecule has 0 spiro atoms. The molecule has 1 fully saturated rings. The molecule has 0 bridgehead atoms. The highest BCUT2D eigenvalue weighted by Crippen LogP contribution is 2.35. The number of methoxy groups -OCH3 is 1. The van der Waals surface area contributed by atoms with Gasteiger partial charge in [0.05, 0.1) is 7.11 Å². The molecule has 0 saturated carbocycles. The Hall–Kier alpha value is -1.97. The molecule has 0 radical (unpaired) electrons. The standard InChI is InChI=1S/C16H19NO3/c1-19-13-6-7-14(11-8-16(18)17-10-11)15(9-13)20-12-4-2-3-5-12/h2-3,6-7,9,11-12H,4-5,8,10H2,1H3,(H,17,18). The number of nitrogens with one attached hydrogen (secondary N) is 1. The van der Waals surface area contributed by atoms with Crippen LogP contribution in [-0.2, 0) is 4.79 Å². The molecule has 1 aliphatic carbocycles. The molecule has 0 aromatic heterocycles. The van der Waals surface area contributed by atoms with Gasteiger partial charge in [-0.3, -0.25) is 4.79 Å². The Balaban J connectivity index is 1.85. The van der Waals surface area contributed by atoms with Gasteiger partial charge in [0.15, 0.2) is 0 Å². The van der Waals surface area contributed by atoms with Crippen LogP contribution in [0.2, 0.25) is 0 Å². The lowest BCUT2D eigenvalue weighted by molar-refractivity contribution is -0.119. The number of hydrogen-bond acceptors (Lipinski definition) is 3. The lowest BCUT2D eigenvalue weighted by atomic mass is 9.97. The number of rotatable bonds is 4. The minimum Gasteiger partial charge on any atom is -0.497 e. The van der Waals surface area contributed by atoms with Gasteiger partial charge in [0.2, 0.25) is 5.91 Å². The summed E-state index contributed by atoms with van der Waals surface area (Å²) in [6.07, 6.45) is 6.91. The van der Waals surface area contributed by atoms with E-state index in [9.17, 15) is 4.79 Å². The normalized spacial score (nSPS) is 22.1. The van der Waals surface area contributed by atoms with E-state index in [1.54, 1.807) is 7.11 Å². The number of amides is 1. The average molecular weight is 273 g/mol. The number of hydrogen-bond donors (Lipinski definition) is 1. The highest BCUT2D eigenvalue weighted by Gasteiger charge is 2.27. The summed E-state index contributed by atoms with van der Waals surface area (Å²) in [5.41, 5.74) is 1.09. The molecule has 1 aromatic rings. The molecular formula is C16H19NO3. The van der Waals surface area contributed by atoms with Crippen LogP contribution in [0, 0.1) is 0 Å². The van der Waals surface area contributed by atoms with Gasteiger partial charge in [0.25, 0.3) is 0 Å². The minimum absolute atomic E-state index is 0.110. The van der Waals surface area contributed by atoms with Crippen molar-refractivity contribution in [1.29, 1.82) is 0 Å². The van der Waals surface area contributed by atoms with Gasteiger partial charge in [-0.15, -0.1) is 0 Å². The van der Waals surface area contributed by atoms with Crippen LogP contribution in [0.3, 0.4) is 0 Å². The summed E-state index contributed by atoms with van der Waals surface area (Å²) in [5.74, 6) is 1.93. The van der Waals surface area contributed by atoms with Crippen molar-refractivity contribution in [1.82, 2.24) is 5.32 Å². The maximum Gasteiger partial charge on any atom is 0.220 e. The Bertz CT molecular complexity index is 531. The van der Waals surface area contributed by atoms with E-state index in [1.807, 2.05) is 18.2 Å². The monoisotopic (exact) mass is 273 g/mol. The van der Waals surface area contributed by atoms with E-state index in [4.69, 9.17) is 9.47 Å². The van der Waals surface area contributed by atoms with Crippen LogP contribution in [0.15, 0.2) is 30.4 Å². The van der Waals surface area contributed by atoms with E-state index >= 15 is 0 Å². The van der Waals surface area contributed by atoms with Crippen LogP contribution in [0.25, 0.3) is 0 Å². The first-order valence-electron chi connectivity index (χ1n) is 7.02. The fourth-order valence-corrected chi connectivity index (χ4v) is 2.77. The maximum absolute atomic E-state index is 11.4. The molecule has 106 valence electrons. The molecule has 1 unspecified atom stereocenters. The van der Waals surface area contributed by atoms with Crippen molar-refractivity contribution in [3.8, 4) is 11.5 Å². The van der Waals surface area contributed by atoms with Crippen molar-refractivity contribution in [2.75, 3.05) is 13.7 Å². The van der Waals surface area contributed by atoms with Crippen LogP contribution >= 0.6 is 0 Å². The van der Waals surface area contributed by atoms with Crippen LogP contribution in [0.4, 0.5) is 0 Å². The summed E-state index contributed by atoms with van der Waals surface area (Å²) in [7, 11) is 1.65.